The fraction of sp³-hybridized carbons (Fsp3) is 0.765. The number of ketones is 1. The van der Waals surface area contributed by atoms with Gasteiger partial charge in [0, 0.05) is 0 Å². The predicted molar refractivity (Wildman–Crippen MR) is 91.2 cm³/mol. The third kappa shape index (κ3) is 5.12. The Morgan fingerprint density at radius 1 is 1.21 bits per heavy atom. The fourth-order valence-corrected chi connectivity index (χ4v) is 3.12. The Morgan fingerprint density at radius 3 is 2.25 bits per heavy atom. The van der Waals surface area contributed by atoms with Crippen LogP contribution in [0.5, 0.6) is 0 Å². The number of carboxylic acid groups (broad SMARTS) is 1. The molecule has 136 valence electrons. The van der Waals surface area contributed by atoms with E-state index in [0.29, 0.717) is 0 Å². The Kier molecular flexibility index (Phi) is 8.04. The van der Waals surface area contributed by atoms with Crippen molar-refractivity contribution < 1.29 is 19.5 Å². The topological polar surface area (TPSA) is 119 Å². The number of carboxylic acids is 1. The summed E-state index contributed by atoms with van der Waals surface area (Å²) in [5.74, 6) is -3.20. The average Bonchev–Trinajstić information content (AvgIpc) is 2.58. The molecule has 1 saturated carbocycles. The first-order valence-electron chi connectivity index (χ1n) is 8.66. The fourth-order valence-electron chi connectivity index (χ4n) is 3.12. The van der Waals surface area contributed by atoms with Crippen LogP contribution in [-0.2, 0) is 14.4 Å². The number of carbonyl (C=O) groups excluding carboxylic acids is 2. The molecule has 0 spiro atoms. The third-order valence-corrected chi connectivity index (χ3v) is 4.85. The lowest BCUT2D eigenvalue weighted by Gasteiger charge is -2.31. The van der Waals surface area contributed by atoms with Crippen LogP contribution >= 0.6 is 0 Å². The molecule has 0 radical (unpaired) electrons. The Bertz CT molecular complexity index is 486. The number of nitrogens with one attached hydrogen (secondary N) is 3. The maximum absolute atomic E-state index is 12.8. The van der Waals surface area contributed by atoms with Crippen molar-refractivity contribution in [2.75, 3.05) is 7.05 Å². The largest absolute Gasteiger partial charge is 0.481 e. The zero-order valence-electron chi connectivity index (χ0n) is 14.7. The number of Topliss-reactive ketones (excluding diaryl/α,β-unsaturated/α-hetero) is 1. The van der Waals surface area contributed by atoms with Crippen LogP contribution in [0, 0.1) is 17.2 Å². The summed E-state index contributed by atoms with van der Waals surface area (Å²) in [6.45, 7) is 3.33. The van der Waals surface area contributed by atoms with Gasteiger partial charge in [-0.1, -0.05) is 26.2 Å². The molecule has 0 aromatic carbocycles. The molecule has 0 unspecified atom stereocenters. The molecule has 7 heteroatoms. The van der Waals surface area contributed by atoms with Gasteiger partial charge in [-0.3, -0.25) is 14.4 Å². The molecule has 3 atom stereocenters. The summed E-state index contributed by atoms with van der Waals surface area (Å²) in [7, 11) is 1.65. The zero-order valence-corrected chi connectivity index (χ0v) is 14.7. The highest BCUT2D eigenvalue weighted by atomic mass is 16.4. The van der Waals surface area contributed by atoms with Crippen molar-refractivity contribution >= 4 is 23.4 Å². The summed E-state index contributed by atoms with van der Waals surface area (Å²) in [6.07, 6.45) is 4.86. The van der Waals surface area contributed by atoms with Crippen molar-refractivity contribution in [3.63, 3.8) is 0 Å². The van der Waals surface area contributed by atoms with Gasteiger partial charge in [-0.2, -0.15) is 0 Å². The van der Waals surface area contributed by atoms with Gasteiger partial charge in [0.2, 0.25) is 5.91 Å². The molecule has 7 nitrogen and oxygen atoms in total. The first-order valence-corrected chi connectivity index (χ1v) is 8.66. The summed E-state index contributed by atoms with van der Waals surface area (Å²) in [5, 5.41) is 22.8. The Hall–Kier alpha value is -1.76. The van der Waals surface area contributed by atoms with Crippen molar-refractivity contribution in [2.24, 2.45) is 11.8 Å². The van der Waals surface area contributed by atoms with Crippen molar-refractivity contribution in [1.29, 1.82) is 5.41 Å². The van der Waals surface area contributed by atoms with Crippen molar-refractivity contribution in [3.8, 4) is 0 Å². The molecule has 1 aliphatic carbocycles. The summed E-state index contributed by atoms with van der Waals surface area (Å²) in [4.78, 5) is 36.2. The van der Waals surface area contributed by atoms with E-state index in [-0.39, 0.29) is 18.2 Å². The van der Waals surface area contributed by atoms with Crippen molar-refractivity contribution in [3.05, 3.63) is 0 Å². The van der Waals surface area contributed by atoms with Crippen LogP contribution in [0.2, 0.25) is 0 Å². The van der Waals surface area contributed by atoms with E-state index in [1.807, 2.05) is 0 Å². The number of carbonyl (C=O) groups is 3. The van der Waals surface area contributed by atoms with Gasteiger partial charge in [0.15, 0.2) is 5.78 Å². The molecule has 0 saturated heterocycles. The molecule has 1 rings (SSSR count). The lowest BCUT2D eigenvalue weighted by molar-refractivity contribution is -0.140. The molecule has 0 heterocycles. The number of aliphatic carboxylic acids is 1. The van der Waals surface area contributed by atoms with E-state index in [0.717, 1.165) is 32.1 Å². The summed E-state index contributed by atoms with van der Waals surface area (Å²) >= 11 is 0. The van der Waals surface area contributed by atoms with Crippen LogP contribution in [0.25, 0.3) is 0 Å². The van der Waals surface area contributed by atoms with Crippen LogP contribution in [0.3, 0.4) is 0 Å². The number of likely N-dealkylation sites (N-methyl/N-ethyl adjacent to an activating group) is 1. The van der Waals surface area contributed by atoms with Crippen LogP contribution in [0.4, 0.5) is 0 Å². The highest BCUT2D eigenvalue weighted by molar-refractivity contribution is 6.44. The predicted octanol–water partition coefficient (Wildman–Crippen LogP) is 1.36. The molecule has 24 heavy (non-hydrogen) atoms. The second-order valence-electron chi connectivity index (χ2n) is 6.47. The van der Waals surface area contributed by atoms with Gasteiger partial charge in [0.25, 0.3) is 0 Å². The van der Waals surface area contributed by atoms with Gasteiger partial charge in [-0.05, 0) is 39.2 Å². The molecule has 1 aliphatic rings. The Balaban J connectivity index is 2.97. The normalized spacial score (nSPS) is 19.1. The molecular formula is C17H29N3O4. The van der Waals surface area contributed by atoms with E-state index in [9.17, 15) is 19.5 Å². The van der Waals surface area contributed by atoms with Crippen LogP contribution in [0.1, 0.15) is 52.4 Å². The number of hydrogen-bond donors (Lipinski definition) is 4. The number of amides is 1. The van der Waals surface area contributed by atoms with Gasteiger partial charge < -0.3 is 21.1 Å². The minimum Gasteiger partial charge on any atom is -0.481 e. The lowest BCUT2D eigenvalue weighted by Crippen LogP contribution is -2.54. The van der Waals surface area contributed by atoms with E-state index in [1.165, 1.54) is 0 Å². The van der Waals surface area contributed by atoms with Crippen LogP contribution in [0.15, 0.2) is 0 Å². The SMILES string of the molecule is CC[C@@H](C(=N)C(=O)[C@@H](NC(=O)[C@H](C)NC)C1CCCCC1)C(=O)O. The first-order chi connectivity index (χ1) is 11.3. The summed E-state index contributed by atoms with van der Waals surface area (Å²) in [5.41, 5.74) is -0.419. The monoisotopic (exact) mass is 339 g/mol. The van der Waals surface area contributed by atoms with E-state index in [4.69, 9.17) is 5.41 Å². The minimum atomic E-state index is -1.17. The number of hydrogen-bond acceptors (Lipinski definition) is 5. The minimum absolute atomic E-state index is 0.0362. The molecule has 0 aromatic heterocycles. The van der Waals surface area contributed by atoms with Crippen LogP contribution in [-0.4, -0.2) is 47.6 Å². The maximum Gasteiger partial charge on any atom is 0.312 e. The maximum atomic E-state index is 12.8. The second-order valence-corrected chi connectivity index (χ2v) is 6.47. The average molecular weight is 339 g/mol. The molecule has 0 aliphatic heterocycles. The zero-order chi connectivity index (χ0) is 18.3. The van der Waals surface area contributed by atoms with Crippen molar-refractivity contribution in [2.45, 2.75) is 64.5 Å². The molecular weight excluding hydrogens is 310 g/mol. The molecule has 1 fully saturated rings. The van der Waals surface area contributed by atoms with Crippen LogP contribution < -0.4 is 10.6 Å². The van der Waals surface area contributed by atoms with E-state index in [1.54, 1.807) is 20.9 Å². The van der Waals surface area contributed by atoms with Gasteiger partial charge in [-0.25, -0.2) is 0 Å². The van der Waals surface area contributed by atoms with Gasteiger partial charge >= 0.3 is 5.97 Å². The molecule has 0 aromatic rings. The highest BCUT2D eigenvalue weighted by Gasteiger charge is 2.37. The lowest BCUT2D eigenvalue weighted by atomic mass is 9.79. The quantitative estimate of drug-likeness (QED) is 0.473. The molecule has 4 N–H and O–H groups in total. The highest BCUT2D eigenvalue weighted by Crippen LogP contribution is 2.27. The third-order valence-electron chi connectivity index (χ3n) is 4.85. The standard InChI is InChI=1S/C17H29N3O4/c1-4-12(17(23)24)13(18)15(21)14(11-8-6-5-7-9-11)20-16(22)10(2)19-3/h10-12,14,18-19H,4-9H2,1-3H3,(H,20,22)(H,23,24)/t10-,12-,14-/m0/s1. The van der Waals surface area contributed by atoms with Gasteiger partial charge in [0.05, 0.1) is 17.8 Å². The molecule has 1 amide bonds. The van der Waals surface area contributed by atoms with Gasteiger partial charge in [-0.15, -0.1) is 0 Å². The smallest absolute Gasteiger partial charge is 0.312 e. The van der Waals surface area contributed by atoms with E-state index >= 15 is 0 Å². The summed E-state index contributed by atoms with van der Waals surface area (Å²) in [6, 6.07) is -1.27. The summed E-state index contributed by atoms with van der Waals surface area (Å²) < 4.78 is 0. The Morgan fingerprint density at radius 2 is 1.79 bits per heavy atom. The first kappa shape index (κ1) is 20.3. The van der Waals surface area contributed by atoms with Crippen molar-refractivity contribution in [1.82, 2.24) is 10.6 Å². The van der Waals surface area contributed by atoms with E-state index < -0.39 is 35.5 Å². The second kappa shape index (κ2) is 9.52. The van der Waals surface area contributed by atoms with E-state index in [2.05, 4.69) is 10.6 Å². The Labute approximate surface area is 143 Å². The van der Waals surface area contributed by atoms with Gasteiger partial charge in [0.1, 0.15) is 5.92 Å². The molecule has 0 bridgehead atoms. The number of rotatable bonds is 9.